The molecule has 4 heterocycles. The van der Waals surface area contributed by atoms with E-state index in [4.69, 9.17) is 15.5 Å². The highest BCUT2D eigenvalue weighted by atomic mass is 16.6. The van der Waals surface area contributed by atoms with Gasteiger partial charge in [-0.2, -0.15) is 4.98 Å². The second kappa shape index (κ2) is 10.8. The number of anilines is 1. The second-order valence-corrected chi connectivity index (χ2v) is 10.1. The van der Waals surface area contributed by atoms with Gasteiger partial charge in [0.1, 0.15) is 0 Å². The lowest BCUT2D eigenvalue weighted by Gasteiger charge is -2.32. The third kappa shape index (κ3) is 5.14. The third-order valence-electron chi connectivity index (χ3n) is 7.02. The van der Waals surface area contributed by atoms with Gasteiger partial charge in [0.2, 0.25) is 5.95 Å². The molecule has 196 valence electrons. The number of rotatable bonds is 5. The van der Waals surface area contributed by atoms with Crippen molar-refractivity contribution in [2.24, 2.45) is 18.7 Å². The summed E-state index contributed by atoms with van der Waals surface area (Å²) in [7, 11) is 1.65. The molecule has 1 atom stereocenters. The molecule has 0 aromatic carbocycles. The summed E-state index contributed by atoms with van der Waals surface area (Å²) in [6.45, 7) is 8.51. The molecular formula is C25H37N7O4. The number of nitrogens with zero attached hydrogens (tertiary/aromatic N) is 6. The van der Waals surface area contributed by atoms with Crippen LogP contribution in [0.15, 0.2) is 9.59 Å². The number of ether oxygens (including phenoxy) is 1. The standard InChI is InChI=1S/C25H37N7O4/c1-5-6-12-31-20-21(27-23(31)30-11-7-8-19(26)16-30)28(4)24(34)32(22(20)33)15-18-9-13-29(14-10-18)25(35)36-17(2)3/h17-19H,7-16,26H2,1-4H3/t19-/m1/s1. The molecule has 36 heavy (non-hydrogen) atoms. The first-order valence-corrected chi connectivity index (χ1v) is 12.8. The summed E-state index contributed by atoms with van der Waals surface area (Å²) in [6.07, 6.45) is 2.79. The van der Waals surface area contributed by atoms with E-state index in [-0.39, 0.29) is 35.4 Å². The molecule has 0 aliphatic carbocycles. The summed E-state index contributed by atoms with van der Waals surface area (Å²) in [5.74, 6) is 6.68. The van der Waals surface area contributed by atoms with Gasteiger partial charge in [0.25, 0.3) is 5.56 Å². The van der Waals surface area contributed by atoms with Gasteiger partial charge >= 0.3 is 11.8 Å². The van der Waals surface area contributed by atoms with Crippen LogP contribution >= 0.6 is 0 Å². The number of aromatic nitrogens is 4. The van der Waals surface area contributed by atoms with Crippen molar-refractivity contribution in [1.82, 2.24) is 23.6 Å². The molecule has 11 heteroatoms. The highest BCUT2D eigenvalue weighted by Crippen LogP contribution is 2.24. The lowest BCUT2D eigenvalue weighted by Crippen LogP contribution is -2.45. The molecule has 0 spiro atoms. The van der Waals surface area contributed by atoms with Crippen LogP contribution in [0.3, 0.4) is 0 Å². The summed E-state index contributed by atoms with van der Waals surface area (Å²) >= 11 is 0. The molecule has 2 aromatic rings. The van der Waals surface area contributed by atoms with Gasteiger partial charge in [-0.05, 0) is 52.4 Å². The first kappa shape index (κ1) is 25.8. The zero-order chi connectivity index (χ0) is 26.0. The normalized spacial score (nSPS) is 19.0. The van der Waals surface area contributed by atoms with Crippen molar-refractivity contribution in [2.45, 2.75) is 71.7 Å². The second-order valence-electron chi connectivity index (χ2n) is 10.1. The zero-order valence-electron chi connectivity index (χ0n) is 21.7. The number of likely N-dealkylation sites (tertiary alicyclic amines) is 1. The summed E-state index contributed by atoms with van der Waals surface area (Å²) in [4.78, 5) is 47.7. The molecule has 2 N–H and O–H groups in total. The minimum absolute atomic E-state index is 0.0356. The van der Waals surface area contributed by atoms with Gasteiger partial charge in [-0.1, -0.05) is 5.92 Å². The van der Waals surface area contributed by atoms with Crippen molar-refractivity contribution in [1.29, 1.82) is 0 Å². The van der Waals surface area contributed by atoms with Crippen LogP contribution in [0.25, 0.3) is 11.2 Å². The van der Waals surface area contributed by atoms with E-state index in [0.29, 0.717) is 62.7 Å². The van der Waals surface area contributed by atoms with Crippen LogP contribution in [0.1, 0.15) is 46.5 Å². The number of hydrogen-bond acceptors (Lipinski definition) is 7. The summed E-state index contributed by atoms with van der Waals surface area (Å²) in [6, 6.07) is 0.0356. The fourth-order valence-corrected chi connectivity index (χ4v) is 5.09. The largest absolute Gasteiger partial charge is 0.447 e. The smallest absolute Gasteiger partial charge is 0.410 e. The quantitative estimate of drug-likeness (QED) is 0.612. The summed E-state index contributed by atoms with van der Waals surface area (Å²) < 4.78 is 9.89. The van der Waals surface area contributed by atoms with Crippen LogP contribution in [0.2, 0.25) is 0 Å². The third-order valence-corrected chi connectivity index (χ3v) is 7.02. The first-order chi connectivity index (χ1) is 17.2. The highest BCUT2D eigenvalue weighted by Gasteiger charge is 2.28. The Morgan fingerprint density at radius 3 is 2.53 bits per heavy atom. The van der Waals surface area contributed by atoms with E-state index in [0.717, 1.165) is 19.4 Å². The summed E-state index contributed by atoms with van der Waals surface area (Å²) in [5, 5.41) is 0. The van der Waals surface area contributed by atoms with E-state index in [2.05, 4.69) is 16.7 Å². The molecule has 2 aromatic heterocycles. The molecular weight excluding hydrogens is 462 g/mol. The Bertz CT molecular complexity index is 1290. The van der Waals surface area contributed by atoms with E-state index in [1.54, 1.807) is 18.9 Å². The van der Waals surface area contributed by atoms with Gasteiger partial charge in [-0.3, -0.25) is 18.5 Å². The molecule has 0 saturated carbocycles. The Balaban J connectivity index is 1.66. The number of amides is 1. The topological polar surface area (TPSA) is 121 Å². The van der Waals surface area contributed by atoms with Crippen LogP contribution in [-0.2, 0) is 24.9 Å². The van der Waals surface area contributed by atoms with Crippen molar-refractivity contribution < 1.29 is 9.53 Å². The number of nitrogens with two attached hydrogens (primary N) is 1. The highest BCUT2D eigenvalue weighted by molar-refractivity contribution is 5.75. The summed E-state index contributed by atoms with van der Waals surface area (Å²) in [5.41, 5.74) is 6.21. The van der Waals surface area contributed by atoms with Crippen molar-refractivity contribution in [3.05, 3.63) is 20.8 Å². The molecule has 2 saturated heterocycles. The maximum Gasteiger partial charge on any atom is 0.410 e. The van der Waals surface area contributed by atoms with Gasteiger partial charge < -0.3 is 20.3 Å². The molecule has 2 fully saturated rings. The fraction of sp³-hybridized carbons (Fsp3) is 0.680. The van der Waals surface area contributed by atoms with Crippen molar-refractivity contribution in [3.8, 4) is 11.8 Å². The van der Waals surface area contributed by atoms with Crippen LogP contribution in [-0.4, -0.2) is 68.0 Å². The molecule has 2 aliphatic rings. The monoisotopic (exact) mass is 499 g/mol. The molecule has 4 rings (SSSR count). The Labute approximate surface area is 210 Å². The number of hydrogen-bond donors (Lipinski definition) is 1. The maximum atomic E-state index is 13.7. The van der Waals surface area contributed by atoms with E-state index in [1.165, 1.54) is 9.13 Å². The average molecular weight is 500 g/mol. The van der Waals surface area contributed by atoms with E-state index in [9.17, 15) is 14.4 Å². The van der Waals surface area contributed by atoms with Gasteiger partial charge in [0, 0.05) is 45.8 Å². The number of carbonyl (C=O) groups excluding carboxylic acids is 1. The Morgan fingerprint density at radius 1 is 1.17 bits per heavy atom. The van der Waals surface area contributed by atoms with E-state index in [1.807, 2.05) is 18.4 Å². The molecule has 2 aliphatic heterocycles. The van der Waals surface area contributed by atoms with Gasteiger partial charge in [0.15, 0.2) is 11.2 Å². The Hall–Kier alpha value is -3.26. The zero-order valence-corrected chi connectivity index (χ0v) is 21.7. The average Bonchev–Trinajstić information content (AvgIpc) is 3.23. The van der Waals surface area contributed by atoms with E-state index < -0.39 is 0 Å². The SMILES string of the molecule is CC#CCn1c(N2CCC[C@@H](N)C2)nc2c1c(=O)n(CC1CCN(C(=O)OC(C)C)CC1)c(=O)n2C. The number of carbonyl (C=O) groups is 1. The van der Waals surface area contributed by atoms with Gasteiger partial charge in [-0.15, -0.1) is 5.92 Å². The maximum absolute atomic E-state index is 13.7. The van der Waals surface area contributed by atoms with Crippen LogP contribution in [0.5, 0.6) is 0 Å². The van der Waals surface area contributed by atoms with Crippen LogP contribution in [0, 0.1) is 17.8 Å². The Morgan fingerprint density at radius 2 is 1.89 bits per heavy atom. The first-order valence-electron chi connectivity index (χ1n) is 12.8. The fourth-order valence-electron chi connectivity index (χ4n) is 5.09. The lowest BCUT2D eigenvalue weighted by atomic mass is 9.97. The van der Waals surface area contributed by atoms with Crippen LogP contribution in [0.4, 0.5) is 10.7 Å². The molecule has 11 nitrogen and oxygen atoms in total. The predicted octanol–water partition coefficient (Wildman–Crippen LogP) is 1.10. The van der Waals surface area contributed by atoms with E-state index >= 15 is 0 Å². The number of aryl methyl sites for hydroxylation is 1. The molecule has 0 bridgehead atoms. The number of piperidine rings is 2. The number of fused-ring (bicyclic) bond motifs is 1. The number of imidazole rings is 1. The lowest BCUT2D eigenvalue weighted by molar-refractivity contribution is 0.0640. The van der Waals surface area contributed by atoms with Crippen molar-refractivity contribution in [2.75, 3.05) is 31.1 Å². The Kier molecular flexibility index (Phi) is 7.73. The van der Waals surface area contributed by atoms with Crippen LogP contribution < -0.4 is 21.9 Å². The van der Waals surface area contributed by atoms with Gasteiger partial charge in [0.05, 0.1) is 12.6 Å². The van der Waals surface area contributed by atoms with Crippen molar-refractivity contribution >= 4 is 23.2 Å². The predicted molar refractivity (Wildman–Crippen MR) is 138 cm³/mol. The molecule has 1 amide bonds. The molecule has 0 unspecified atom stereocenters. The van der Waals surface area contributed by atoms with Crippen molar-refractivity contribution in [3.63, 3.8) is 0 Å². The van der Waals surface area contributed by atoms with Gasteiger partial charge in [-0.25, -0.2) is 9.59 Å². The minimum atomic E-state index is -0.387. The molecule has 0 radical (unpaired) electrons. The minimum Gasteiger partial charge on any atom is -0.447 e.